The molecule has 0 aliphatic rings. The molecule has 23 heavy (non-hydrogen) atoms. The maximum atomic E-state index is 11.9. The van der Waals surface area contributed by atoms with Crippen LogP contribution in [-0.4, -0.2) is 26.4 Å². The number of nitrogens with zero attached hydrogens (tertiary/aromatic N) is 1. The van der Waals surface area contributed by atoms with Crippen molar-refractivity contribution in [3.8, 4) is 0 Å². The normalized spacial score (nSPS) is 11.2. The molecule has 2 N–H and O–H groups in total. The Balaban J connectivity index is 1.89. The Bertz CT molecular complexity index is 761. The van der Waals surface area contributed by atoms with Crippen molar-refractivity contribution in [2.45, 2.75) is 24.2 Å². The largest absolute Gasteiger partial charge is 0.326 e. The molecule has 0 spiro atoms. The second kappa shape index (κ2) is 7.85. The quantitative estimate of drug-likeness (QED) is 0.810. The van der Waals surface area contributed by atoms with Gasteiger partial charge in [-0.1, -0.05) is 12.1 Å². The summed E-state index contributed by atoms with van der Waals surface area (Å²) in [6.07, 6.45) is 3.47. The van der Waals surface area contributed by atoms with Crippen LogP contribution in [0.1, 0.15) is 18.5 Å². The number of rotatable bonds is 7. The monoisotopic (exact) mass is 333 g/mol. The Morgan fingerprint density at radius 3 is 2.70 bits per heavy atom. The fourth-order valence-electron chi connectivity index (χ4n) is 2.06. The number of nitrogens with one attached hydrogen (secondary N) is 2. The van der Waals surface area contributed by atoms with Crippen LogP contribution in [0.15, 0.2) is 53.6 Å². The average Bonchev–Trinajstić information content (AvgIpc) is 2.56. The maximum absolute atomic E-state index is 11.9. The van der Waals surface area contributed by atoms with Gasteiger partial charge in [0.15, 0.2) is 0 Å². The maximum Gasteiger partial charge on any atom is 0.240 e. The summed E-state index contributed by atoms with van der Waals surface area (Å²) in [6, 6.07) is 11.8. The molecule has 0 saturated heterocycles. The Morgan fingerprint density at radius 1 is 1.17 bits per heavy atom. The minimum atomic E-state index is -3.52. The van der Waals surface area contributed by atoms with E-state index in [4.69, 9.17) is 0 Å². The van der Waals surface area contributed by atoms with Crippen LogP contribution in [0.4, 0.5) is 5.69 Å². The van der Waals surface area contributed by atoms with Gasteiger partial charge in [0.1, 0.15) is 0 Å². The molecule has 0 atom stereocenters. The second-order valence-electron chi connectivity index (χ2n) is 4.96. The summed E-state index contributed by atoms with van der Waals surface area (Å²) in [5.41, 5.74) is 1.41. The molecule has 6 nitrogen and oxygen atoms in total. The van der Waals surface area contributed by atoms with Crippen LogP contribution in [0.25, 0.3) is 0 Å². The molecular formula is C16H19N3O3S. The Morgan fingerprint density at radius 2 is 2.00 bits per heavy atom. The molecule has 0 radical (unpaired) electrons. The lowest BCUT2D eigenvalue weighted by Crippen LogP contribution is -2.19. The summed E-state index contributed by atoms with van der Waals surface area (Å²) in [7, 11) is -2.17. The number of anilines is 1. The van der Waals surface area contributed by atoms with E-state index in [0.29, 0.717) is 18.5 Å². The van der Waals surface area contributed by atoms with Crippen molar-refractivity contribution in [2.75, 3.05) is 12.4 Å². The zero-order valence-electron chi connectivity index (χ0n) is 12.8. The van der Waals surface area contributed by atoms with Gasteiger partial charge >= 0.3 is 0 Å². The SMILES string of the molecule is CNS(=O)(=O)c1cccc(NC(=O)CCCc2ccccn2)c1. The number of hydrogen-bond acceptors (Lipinski definition) is 4. The van der Waals surface area contributed by atoms with Crippen LogP contribution in [0.2, 0.25) is 0 Å². The molecule has 2 rings (SSSR count). The first kappa shape index (κ1) is 17.1. The van der Waals surface area contributed by atoms with E-state index in [-0.39, 0.29) is 10.8 Å². The Hall–Kier alpha value is -2.25. The standard InChI is InChI=1S/C16H19N3O3S/c1-17-23(21,22)15-9-4-8-14(12-15)19-16(20)10-5-7-13-6-2-3-11-18-13/h2-4,6,8-9,11-12,17H,5,7,10H2,1H3,(H,19,20). The molecule has 1 aromatic carbocycles. The summed E-state index contributed by atoms with van der Waals surface area (Å²) in [5.74, 6) is -0.153. The van der Waals surface area contributed by atoms with Crippen LogP contribution in [0.5, 0.6) is 0 Å². The molecule has 0 aliphatic heterocycles. The first-order chi connectivity index (χ1) is 11.0. The molecule has 0 aliphatic carbocycles. The van der Waals surface area contributed by atoms with Crippen LogP contribution < -0.4 is 10.0 Å². The smallest absolute Gasteiger partial charge is 0.240 e. The molecule has 0 unspecified atom stereocenters. The number of amides is 1. The molecule has 0 fully saturated rings. The van der Waals surface area contributed by atoms with Crippen molar-refractivity contribution in [1.82, 2.24) is 9.71 Å². The summed E-state index contributed by atoms with van der Waals surface area (Å²) >= 11 is 0. The van der Waals surface area contributed by atoms with Gasteiger partial charge in [-0.2, -0.15) is 0 Å². The van der Waals surface area contributed by atoms with E-state index in [0.717, 1.165) is 12.1 Å². The van der Waals surface area contributed by atoms with E-state index >= 15 is 0 Å². The fourth-order valence-corrected chi connectivity index (χ4v) is 2.83. The molecule has 2 aromatic rings. The van der Waals surface area contributed by atoms with Gasteiger partial charge < -0.3 is 5.32 Å². The number of sulfonamides is 1. The number of pyridine rings is 1. The number of carbonyl (C=O) groups excluding carboxylic acids is 1. The predicted octanol–water partition coefficient (Wildman–Crippen LogP) is 1.95. The van der Waals surface area contributed by atoms with Crippen molar-refractivity contribution in [3.05, 3.63) is 54.4 Å². The summed E-state index contributed by atoms with van der Waals surface area (Å²) in [5, 5.41) is 2.71. The lowest BCUT2D eigenvalue weighted by atomic mass is 10.1. The summed E-state index contributed by atoms with van der Waals surface area (Å²) in [4.78, 5) is 16.3. The van der Waals surface area contributed by atoms with Gasteiger partial charge in [-0.05, 0) is 50.2 Å². The lowest BCUT2D eigenvalue weighted by Gasteiger charge is -2.08. The Labute approximate surface area is 136 Å². The van der Waals surface area contributed by atoms with E-state index < -0.39 is 10.0 Å². The van der Waals surface area contributed by atoms with Gasteiger partial charge in [0, 0.05) is 24.0 Å². The van der Waals surface area contributed by atoms with Gasteiger partial charge in [0.25, 0.3) is 0 Å². The minimum absolute atomic E-state index is 0.117. The van der Waals surface area contributed by atoms with Crippen LogP contribution in [-0.2, 0) is 21.2 Å². The predicted molar refractivity (Wildman–Crippen MR) is 88.5 cm³/mol. The highest BCUT2D eigenvalue weighted by Gasteiger charge is 2.12. The zero-order valence-corrected chi connectivity index (χ0v) is 13.6. The van der Waals surface area contributed by atoms with Crippen LogP contribution >= 0.6 is 0 Å². The number of benzene rings is 1. The number of hydrogen-bond donors (Lipinski definition) is 2. The van der Waals surface area contributed by atoms with Crippen molar-refractivity contribution < 1.29 is 13.2 Å². The van der Waals surface area contributed by atoms with Crippen LogP contribution in [0, 0.1) is 0 Å². The van der Waals surface area contributed by atoms with E-state index in [1.807, 2.05) is 18.2 Å². The minimum Gasteiger partial charge on any atom is -0.326 e. The fraction of sp³-hybridized carbons (Fsp3) is 0.250. The summed E-state index contributed by atoms with van der Waals surface area (Å²) < 4.78 is 25.7. The first-order valence-corrected chi connectivity index (χ1v) is 8.73. The third kappa shape index (κ3) is 5.15. The molecule has 0 saturated carbocycles. The van der Waals surface area contributed by atoms with E-state index in [1.54, 1.807) is 18.3 Å². The van der Waals surface area contributed by atoms with Gasteiger partial charge in [0.2, 0.25) is 15.9 Å². The highest BCUT2D eigenvalue weighted by molar-refractivity contribution is 7.89. The molecule has 1 aromatic heterocycles. The van der Waals surface area contributed by atoms with Gasteiger partial charge in [-0.25, -0.2) is 13.1 Å². The highest BCUT2D eigenvalue weighted by atomic mass is 32.2. The highest BCUT2D eigenvalue weighted by Crippen LogP contribution is 2.15. The first-order valence-electron chi connectivity index (χ1n) is 7.24. The van der Waals surface area contributed by atoms with E-state index in [2.05, 4.69) is 15.0 Å². The van der Waals surface area contributed by atoms with Crippen molar-refractivity contribution in [2.24, 2.45) is 0 Å². The van der Waals surface area contributed by atoms with Gasteiger partial charge in [-0.3, -0.25) is 9.78 Å². The zero-order chi connectivity index (χ0) is 16.7. The van der Waals surface area contributed by atoms with E-state index in [1.165, 1.54) is 19.2 Å². The average molecular weight is 333 g/mol. The molecular weight excluding hydrogens is 314 g/mol. The van der Waals surface area contributed by atoms with Crippen molar-refractivity contribution in [1.29, 1.82) is 0 Å². The molecule has 122 valence electrons. The number of aryl methyl sites for hydroxylation is 1. The third-order valence-corrected chi connectivity index (χ3v) is 4.67. The summed E-state index contributed by atoms with van der Waals surface area (Å²) in [6.45, 7) is 0. The van der Waals surface area contributed by atoms with E-state index in [9.17, 15) is 13.2 Å². The Kier molecular flexibility index (Phi) is 5.84. The van der Waals surface area contributed by atoms with Crippen LogP contribution in [0.3, 0.4) is 0 Å². The second-order valence-corrected chi connectivity index (χ2v) is 6.84. The van der Waals surface area contributed by atoms with Gasteiger partial charge in [-0.15, -0.1) is 0 Å². The lowest BCUT2D eigenvalue weighted by molar-refractivity contribution is -0.116. The number of carbonyl (C=O) groups is 1. The number of aromatic nitrogens is 1. The third-order valence-electron chi connectivity index (χ3n) is 3.26. The van der Waals surface area contributed by atoms with Crippen molar-refractivity contribution in [3.63, 3.8) is 0 Å². The molecule has 1 heterocycles. The van der Waals surface area contributed by atoms with Crippen molar-refractivity contribution >= 4 is 21.6 Å². The molecule has 7 heteroatoms. The molecule has 1 amide bonds. The topological polar surface area (TPSA) is 88.2 Å². The molecule has 0 bridgehead atoms. The van der Waals surface area contributed by atoms with Gasteiger partial charge in [0.05, 0.1) is 4.90 Å².